The average molecular weight is 297 g/mol. The molecule has 0 amide bonds. The summed E-state index contributed by atoms with van der Waals surface area (Å²) in [5.74, 6) is -0.0361. The van der Waals surface area contributed by atoms with Gasteiger partial charge in [0.05, 0.1) is 11.1 Å². The van der Waals surface area contributed by atoms with Crippen LogP contribution in [0.25, 0.3) is 5.13 Å². The van der Waals surface area contributed by atoms with Gasteiger partial charge in [0.25, 0.3) is 0 Å². The molecule has 0 fully saturated rings. The lowest BCUT2D eigenvalue weighted by atomic mass is 10.1. The summed E-state index contributed by atoms with van der Waals surface area (Å²) < 4.78 is 2.02. The molecule has 2 heterocycles. The first-order valence-electron chi connectivity index (χ1n) is 6.14. The number of hydrogen-bond donors (Lipinski definition) is 0. The van der Waals surface area contributed by atoms with Gasteiger partial charge in [-0.15, -0.1) is 22.9 Å². The summed E-state index contributed by atoms with van der Waals surface area (Å²) in [6.45, 7) is 9.67. The number of halogens is 1. The Morgan fingerprint density at radius 2 is 2.00 bits per heavy atom. The second kappa shape index (κ2) is 5.10. The summed E-state index contributed by atoms with van der Waals surface area (Å²) in [4.78, 5) is 17.8. The molecule has 0 aliphatic carbocycles. The zero-order valence-electron chi connectivity index (χ0n) is 11.7. The molecule has 102 valence electrons. The monoisotopic (exact) mass is 296 g/mol. The quantitative estimate of drug-likeness (QED) is 0.634. The molecule has 1 unspecified atom stereocenters. The van der Waals surface area contributed by atoms with E-state index in [0.717, 1.165) is 22.2 Å². The second-order valence-electron chi connectivity index (χ2n) is 4.74. The predicted molar refractivity (Wildman–Crippen MR) is 80.0 cm³/mol. The summed E-state index contributed by atoms with van der Waals surface area (Å²) in [5.41, 5.74) is 3.63. The van der Waals surface area contributed by atoms with Gasteiger partial charge in [0.2, 0.25) is 0 Å². The molecule has 0 aliphatic heterocycles. The summed E-state index contributed by atoms with van der Waals surface area (Å²) in [6.07, 6.45) is 0. The van der Waals surface area contributed by atoms with E-state index in [4.69, 9.17) is 11.6 Å². The Hall–Kier alpha value is -1.13. The van der Waals surface area contributed by atoms with Crippen LogP contribution >= 0.6 is 22.9 Å². The first kappa shape index (κ1) is 14.3. The molecule has 2 aromatic heterocycles. The third kappa shape index (κ3) is 2.47. The molecule has 1 atom stereocenters. The molecule has 0 bridgehead atoms. The Morgan fingerprint density at radius 3 is 2.47 bits per heavy atom. The first-order chi connectivity index (χ1) is 8.82. The van der Waals surface area contributed by atoms with E-state index in [9.17, 15) is 4.79 Å². The van der Waals surface area contributed by atoms with Crippen LogP contribution < -0.4 is 0 Å². The fourth-order valence-corrected chi connectivity index (χ4v) is 3.21. The van der Waals surface area contributed by atoms with E-state index in [2.05, 4.69) is 11.9 Å². The molecular formula is C14H17ClN2OS. The van der Waals surface area contributed by atoms with Gasteiger partial charge >= 0.3 is 0 Å². The van der Waals surface area contributed by atoms with Crippen LogP contribution in [0, 0.1) is 27.7 Å². The van der Waals surface area contributed by atoms with E-state index in [0.29, 0.717) is 5.56 Å². The average Bonchev–Trinajstić information content (AvgIpc) is 2.79. The number of nitrogens with zero attached hydrogens (tertiary/aromatic N) is 2. The minimum atomic E-state index is -0.506. The number of carbonyl (C=O) groups excluding carboxylic acids is 1. The molecule has 2 aromatic rings. The number of aryl methyl sites for hydroxylation is 3. The van der Waals surface area contributed by atoms with Crippen LogP contribution in [0.5, 0.6) is 0 Å². The van der Waals surface area contributed by atoms with Crippen molar-refractivity contribution in [2.45, 2.75) is 40.0 Å². The van der Waals surface area contributed by atoms with Gasteiger partial charge in [0.15, 0.2) is 10.9 Å². The molecular weight excluding hydrogens is 280 g/mol. The largest absolute Gasteiger partial charge is 0.294 e. The normalized spacial score (nSPS) is 12.7. The van der Waals surface area contributed by atoms with Crippen molar-refractivity contribution in [1.29, 1.82) is 0 Å². The van der Waals surface area contributed by atoms with Gasteiger partial charge in [-0.2, -0.15) is 0 Å². The van der Waals surface area contributed by atoms with Gasteiger partial charge in [-0.1, -0.05) is 0 Å². The summed E-state index contributed by atoms with van der Waals surface area (Å²) in [6, 6.07) is 1.89. The molecule has 3 nitrogen and oxygen atoms in total. The van der Waals surface area contributed by atoms with E-state index in [1.54, 1.807) is 18.3 Å². The SMILES string of the molecule is Cc1nc(-n2c(C)cc(C(=O)C(C)Cl)c2C)sc1C. The molecule has 0 aromatic carbocycles. The third-order valence-corrected chi connectivity index (χ3v) is 4.52. The minimum Gasteiger partial charge on any atom is -0.294 e. The highest BCUT2D eigenvalue weighted by atomic mass is 35.5. The number of thiazole rings is 1. The summed E-state index contributed by atoms with van der Waals surface area (Å²) in [7, 11) is 0. The minimum absolute atomic E-state index is 0.0361. The van der Waals surface area contributed by atoms with E-state index >= 15 is 0 Å². The molecule has 0 saturated carbocycles. The van der Waals surface area contributed by atoms with E-state index in [1.165, 1.54) is 4.88 Å². The van der Waals surface area contributed by atoms with Gasteiger partial charge in [-0.05, 0) is 40.7 Å². The number of aromatic nitrogens is 2. The first-order valence-corrected chi connectivity index (χ1v) is 7.39. The number of carbonyl (C=O) groups is 1. The van der Waals surface area contributed by atoms with Crippen LogP contribution in [-0.2, 0) is 0 Å². The molecule has 5 heteroatoms. The molecule has 0 saturated heterocycles. The zero-order valence-corrected chi connectivity index (χ0v) is 13.3. The molecule has 0 N–H and O–H groups in total. The lowest BCUT2D eigenvalue weighted by molar-refractivity contribution is 0.0991. The van der Waals surface area contributed by atoms with E-state index < -0.39 is 5.38 Å². The van der Waals surface area contributed by atoms with Gasteiger partial charge in [-0.3, -0.25) is 9.36 Å². The third-order valence-electron chi connectivity index (χ3n) is 3.27. The Balaban J connectivity index is 2.57. The highest BCUT2D eigenvalue weighted by Gasteiger charge is 2.21. The van der Waals surface area contributed by atoms with Crippen molar-refractivity contribution in [3.8, 4) is 5.13 Å². The fourth-order valence-electron chi connectivity index (χ4n) is 2.07. The Bertz CT molecular complexity index is 621. The van der Waals surface area contributed by atoms with Crippen LogP contribution in [-0.4, -0.2) is 20.7 Å². The lowest BCUT2D eigenvalue weighted by Crippen LogP contribution is -2.11. The van der Waals surface area contributed by atoms with Crippen molar-refractivity contribution in [3.63, 3.8) is 0 Å². The van der Waals surface area contributed by atoms with Crippen molar-refractivity contribution < 1.29 is 4.79 Å². The molecule has 0 radical (unpaired) electrons. The summed E-state index contributed by atoms with van der Waals surface area (Å²) >= 11 is 7.54. The molecule has 0 spiro atoms. The number of alkyl halides is 1. The van der Waals surface area contributed by atoms with Gasteiger partial charge < -0.3 is 0 Å². The van der Waals surface area contributed by atoms with Gasteiger partial charge in [0, 0.05) is 21.8 Å². The highest BCUT2D eigenvalue weighted by molar-refractivity contribution is 7.14. The maximum atomic E-state index is 12.1. The maximum absolute atomic E-state index is 12.1. The fraction of sp³-hybridized carbons (Fsp3) is 0.429. The Kier molecular flexibility index (Phi) is 3.83. The smallest absolute Gasteiger partial charge is 0.194 e. The van der Waals surface area contributed by atoms with Crippen LogP contribution in [0.1, 0.15) is 39.2 Å². The van der Waals surface area contributed by atoms with Crippen molar-refractivity contribution in [2.24, 2.45) is 0 Å². The highest BCUT2D eigenvalue weighted by Crippen LogP contribution is 2.27. The standard InChI is InChI=1S/C14H17ClN2OS/c1-7-6-12(13(18)8(2)15)10(4)17(7)14-16-9(3)11(5)19-14/h6,8H,1-5H3. The topological polar surface area (TPSA) is 34.9 Å². The van der Waals surface area contributed by atoms with Crippen molar-refractivity contribution in [3.05, 3.63) is 33.6 Å². The van der Waals surface area contributed by atoms with Crippen molar-refractivity contribution in [1.82, 2.24) is 9.55 Å². The number of Topliss-reactive ketones (excluding diaryl/α,β-unsaturated/α-hetero) is 1. The van der Waals surface area contributed by atoms with E-state index in [1.807, 2.05) is 31.4 Å². The van der Waals surface area contributed by atoms with Crippen molar-refractivity contribution >= 4 is 28.7 Å². The van der Waals surface area contributed by atoms with Crippen LogP contribution in [0.15, 0.2) is 6.07 Å². The summed E-state index contributed by atoms with van der Waals surface area (Å²) in [5, 5.41) is 0.403. The molecule has 2 rings (SSSR count). The Labute approximate surface area is 122 Å². The number of ketones is 1. The van der Waals surface area contributed by atoms with Crippen molar-refractivity contribution in [2.75, 3.05) is 0 Å². The molecule has 19 heavy (non-hydrogen) atoms. The second-order valence-corrected chi connectivity index (χ2v) is 6.57. The number of rotatable bonds is 3. The lowest BCUT2D eigenvalue weighted by Gasteiger charge is -2.06. The van der Waals surface area contributed by atoms with Crippen LogP contribution in [0.4, 0.5) is 0 Å². The number of hydrogen-bond acceptors (Lipinski definition) is 3. The van der Waals surface area contributed by atoms with Crippen LogP contribution in [0.2, 0.25) is 0 Å². The predicted octanol–water partition coefficient (Wildman–Crippen LogP) is 3.98. The maximum Gasteiger partial charge on any atom is 0.194 e. The van der Waals surface area contributed by atoms with Gasteiger partial charge in [0.1, 0.15) is 0 Å². The van der Waals surface area contributed by atoms with Gasteiger partial charge in [-0.25, -0.2) is 4.98 Å². The zero-order chi connectivity index (χ0) is 14.3. The van der Waals surface area contributed by atoms with Crippen LogP contribution in [0.3, 0.4) is 0 Å². The Morgan fingerprint density at radius 1 is 1.37 bits per heavy atom. The van der Waals surface area contributed by atoms with E-state index in [-0.39, 0.29) is 5.78 Å². The molecule has 0 aliphatic rings.